The molecule has 1 amide bonds. The zero-order valence-electron chi connectivity index (χ0n) is 14.6. The summed E-state index contributed by atoms with van der Waals surface area (Å²) in [5, 5.41) is 0. The number of benzene rings is 1. The highest BCUT2D eigenvalue weighted by atomic mass is 127. The fourth-order valence-electron chi connectivity index (χ4n) is 7.51. The van der Waals surface area contributed by atoms with Crippen LogP contribution in [0.2, 0.25) is 0 Å². The van der Waals surface area contributed by atoms with E-state index in [1.54, 1.807) is 5.57 Å². The summed E-state index contributed by atoms with van der Waals surface area (Å²) in [7, 11) is 0. The Morgan fingerprint density at radius 3 is 3.04 bits per heavy atom. The molecule has 4 fully saturated rings. The molecule has 0 aromatic heterocycles. The minimum atomic E-state index is 0. The molecule has 4 nitrogen and oxygen atoms in total. The molecule has 5 heterocycles. The summed E-state index contributed by atoms with van der Waals surface area (Å²) in [4.78, 5) is 18.1. The lowest BCUT2D eigenvalue weighted by Crippen LogP contribution is -2.69. The fraction of sp³-hybridized carbons (Fsp3) is 0.571. The van der Waals surface area contributed by atoms with Crippen LogP contribution >= 0.6 is 24.0 Å². The monoisotopic (exact) mass is 462 g/mol. The Balaban J connectivity index is 0.00000137. The summed E-state index contributed by atoms with van der Waals surface area (Å²) in [5.41, 5.74) is 4.35. The van der Waals surface area contributed by atoms with Crippen LogP contribution in [0.1, 0.15) is 24.8 Å². The number of fused-ring (bicyclic) bond motifs is 2. The number of nitrogens with zero attached hydrogens (tertiary/aromatic N) is 2. The Labute approximate surface area is 170 Å². The van der Waals surface area contributed by atoms with E-state index in [9.17, 15) is 4.79 Å². The van der Waals surface area contributed by atoms with Gasteiger partial charge in [0, 0.05) is 29.6 Å². The molecule has 7 rings (SSSR count). The minimum Gasteiger partial charge on any atom is -0.373 e. The van der Waals surface area contributed by atoms with Crippen molar-refractivity contribution in [3.63, 3.8) is 0 Å². The topological polar surface area (TPSA) is 32.8 Å². The van der Waals surface area contributed by atoms with Crippen molar-refractivity contribution < 1.29 is 9.53 Å². The number of hydrogen-bond acceptors (Lipinski definition) is 3. The molecule has 1 spiro atoms. The van der Waals surface area contributed by atoms with Gasteiger partial charge in [-0.15, -0.1) is 24.0 Å². The van der Waals surface area contributed by atoms with Crippen LogP contribution in [0.15, 0.2) is 35.9 Å². The van der Waals surface area contributed by atoms with Crippen molar-refractivity contribution in [2.45, 2.75) is 42.9 Å². The van der Waals surface area contributed by atoms with Gasteiger partial charge in [-0.3, -0.25) is 9.69 Å². The van der Waals surface area contributed by atoms with Crippen LogP contribution in [0.25, 0.3) is 0 Å². The fourth-order valence-corrected chi connectivity index (χ4v) is 7.51. The Morgan fingerprint density at radius 2 is 2.12 bits per heavy atom. The van der Waals surface area contributed by atoms with Gasteiger partial charge < -0.3 is 9.64 Å². The Kier molecular flexibility index (Phi) is 3.16. The molecule has 0 radical (unpaired) electrons. The number of rotatable bonds is 0. The summed E-state index contributed by atoms with van der Waals surface area (Å²) in [6, 6.07) is 9.64. The lowest BCUT2D eigenvalue weighted by molar-refractivity contribution is -0.132. The first-order chi connectivity index (χ1) is 12.3. The third-order valence-corrected chi connectivity index (χ3v) is 8.22. The second-order valence-corrected chi connectivity index (χ2v) is 8.78. The number of carbonyl (C=O) groups is 1. The zero-order chi connectivity index (χ0) is 16.3. The molecule has 5 aliphatic heterocycles. The number of anilines is 1. The molecule has 5 heteroatoms. The van der Waals surface area contributed by atoms with Crippen molar-refractivity contribution in [1.29, 1.82) is 0 Å². The van der Waals surface area contributed by atoms with Crippen molar-refractivity contribution in [2.75, 3.05) is 24.6 Å². The normalized spacial score (nSPS) is 44.2. The van der Waals surface area contributed by atoms with Gasteiger partial charge >= 0.3 is 0 Å². The first-order valence-electron chi connectivity index (χ1n) is 9.75. The number of halogens is 1. The highest BCUT2D eigenvalue weighted by molar-refractivity contribution is 14.0. The summed E-state index contributed by atoms with van der Waals surface area (Å²) in [6.07, 6.45) is 5.43. The summed E-state index contributed by atoms with van der Waals surface area (Å²) >= 11 is 0. The van der Waals surface area contributed by atoms with Gasteiger partial charge in [0.25, 0.3) is 0 Å². The summed E-state index contributed by atoms with van der Waals surface area (Å²) in [6.45, 7) is 2.97. The van der Waals surface area contributed by atoms with Gasteiger partial charge in [-0.25, -0.2) is 0 Å². The van der Waals surface area contributed by atoms with E-state index in [0.717, 1.165) is 6.54 Å². The Bertz CT molecular complexity index is 854. The van der Waals surface area contributed by atoms with Crippen LogP contribution < -0.4 is 4.90 Å². The standard InChI is InChI=1S/C21H22N2O2.HI/c24-18-10-16-19-13-9-17-21(6-7-22(17)11-12(13)5-8-25-16)14-3-1-2-4-15(14)23(18)20(19)21;/h1-5,13,16-17,19-20H,6-11H2;1H/t13-,16-,17-,19-,20-,21+;/m0./s1. The molecule has 6 aliphatic rings. The molecule has 26 heavy (non-hydrogen) atoms. The van der Waals surface area contributed by atoms with Gasteiger partial charge in [0.05, 0.1) is 25.2 Å². The second kappa shape index (κ2) is 5.11. The predicted molar refractivity (Wildman–Crippen MR) is 109 cm³/mol. The van der Waals surface area contributed by atoms with Gasteiger partial charge in [0.15, 0.2) is 0 Å². The summed E-state index contributed by atoms with van der Waals surface area (Å²) < 4.78 is 6.25. The van der Waals surface area contributed by atoms with Crippen LogP contribution in [-0.4, -0.2) is 48.7 Å². The highest BCUT2D eigenvalue weighted by Gasteiger charge is 2.70. The molecule has 1 aromatic carbocycles. The Morgan fingerprint density at radius 1 is 1.23 bits per heavy atom. The maximum Gasteiger partial charge on any atom is 0.229 e. The van der Waals surface area contributed by atoms with Gasteiger partial charge in [-0.1, -0.05) is 29.8 Å². The molecule has 1 aliphatic carbocycles. The molecular weight excluding hydrogens is 439 g/mol. The molecule has 3 saturated heterocycles. The largest absolute Gasteiger partial charge is 0.373 e. The van der Waals surface area contributed by atoms with Crippen LogP contribution in [-0.2, 0) is 14.9 Å². The van der Waals surface area contributed by atoms with Crippen molar-refractivity contribution >= 4 is 35.6 Å². The van der Waals surface area contributed by atoms with E-state index in [1.165, 1.54) is 30.6 Å². The maximum atomic E-state index is 13.2. The number of carbonyl (C=O) groups excluding carboxylic acids is 1. The van der Waals surface area contributed by atoms with Crippen LogP contribution in [0.3, 0.4) is 0 Å². The first kappa shape index (κ1) is 16.1. The van der Waals surface area contributed by atoms with Crippen LogP contribution in [0.4, 0.5) is 5.69 Å². The van der Waals surface area contributed by atoms with E-state index in [4.69, 9.17) is 4.74 Å². The Hall–Kier alpha value is -0.920. The van der Waals surface area contributed by atoms with E-state index in [0.29, 0.717) is 36.9 Å². The van der Waals surface area contributed by atoms with Gasteiger partial charge in [-0.05, 0) is 36.9 Å². The number of ether oxygens (including phenoxy) is 1. The third-order valence-electron chi connectivity index (χ3n) is 8.22. The molecule has 0 N–H and O–H groups in total. The van der Waals surface area contributed by atoms with E-state index >= 15 is 0 Å². The van der Waals surface area contributed by atoms with E-state index < -0.39 is 0 Å². The minimum absolute atomic E-state index is 0. The summed E-state index contributed by atoms with van der Waals surface area (Å²) in [5.74, 6) is 1.35. The van der Waals surface area contributed by atoms with Crippen molar-refractivity contribution in [1.82, 2.24) is 4.90 Å². The van der Waals surface area contributed by atoms with Crippen molar-refractivity contribution in [2.24, 2.45) is 11.8 Å². The molecule has 6 atom stereocenters. The average Bonchev–Trinajstić information content (AvgIpc) is 3.10. The maximum absolute atomic E-state index is 13.2. The van der Waals surface area contributed by atoms with Gasteiger partial charge in [-0.2, -0.15) is 0 Å². The van der Waals surface area contributed by atoms with Crippen LogP contribution in [0, 0.1) is 11.8 Å². The molecule has 136 valence electrons. The lowest BCUT2D eigenvalue weighted by atomic mass is 9.53. The number of hydrogen-bond donors (Lipinski definition) is 0. The van der Waals surface area contributed by atoms with Crippen LogP contribution in [0.5, 0.6) is 0 Å². The predicted octanol–water partition coefficient (Wildman–Crippen LogP) is 2.71. The van der Waals surface area contributed by atoms with Crippen molar-refractivity contribution in [3.8, 4) is 0 Å². The molecule has 1 aromatic rings. The smallest absolute Gasteiger partial charge is 0.229 e. The number of piperidine rings is 2. The van der Waals surface area contributed by atoms with Gasteiger partial charge in [0.2, 0.25) is 5.91 Å². The quantitative estimate of drug-likeness (QED) is 0.439. The number of amides is 1. The first-order valence-corrected chi connectivity index (χ1v) is 9.75. The van der Waals surface area contributed by atoms with E-state index in [-0.39, 0.29) is 41.4 Å². The average molecular weight is 462 g/mol. The molecule has 0 unspecified atom stereocenters. The number of para-hydroxylation sites is 1. The molecule has 1 saturated carbocycles. The zero-order valence-corrected chi connectivity index (χ0v) is 17.0. The van der Waals surface area contributed by atoms with Gasteiger partial charge in [0.1, 0.15) is 0 Å². The lowest BCUT2D eigenvalue weighted by Gasteiger charge is -2.58. The molecular formula is C21H23IN2O2. The van der Waals surface area contributed by atoms with E-state index in [2.05, 4.69) is 40.1 Å². The molecule has 2 bridgehead atoms. The van der Waals surface area contributed by atoms with Crippen molar-refractivity contribution in [3.05, 3.63) is 41.5 Å². The third kappa shape index (κ3) is 1.59. The van der Waals surface area contributed by atoms with E-state index in [1.807, 2.05) is 0 Å². The SMILES string of the molecule is I.O=C1C[C@@H]2OCC=C3CN4CC[C@]56c7ccccc7N1[C@H]5[C@H]2[C@H]3C[C@H]46. The highest BCUT2D eigenvalue weighted by Crippen LogP contribution is 2.65. The second-order valence-electron chi connectivity index (χ2n) is 8.78.